The molecule has 1 unspecified atom stereocenters. The third kappa shape index (κ3) is 4.89. The molecule has 0 aliphatic carbocycles. The maximum absolute atomic E-state index is 11.6. The second-order valence-electron chi connectivity index (χ2n) is 3.72. The topological polar surface area (TPSA) is 54.0 Å². The van der Waals surface area contributed by atoms with Crippen molar-refractivity contribution in [1.82, 2.24) is 15.6 Å². The third-order valence-corrected chi connectivity index (χ3v) is 2.59. The van der Waals surface area contributed by atoms with Crippen LogP contribution < -0.4 is 10.6 Å². The molecule has 1 atom stereocenters. The Morgan fingerprint density at radius 1 is 1.41 bits per heavy atom. The summed E-state index contributed by atoms with van der Waals surface area (Å²) < 4.78 is 0. The van der Waals surface area contributed by atoms with Crippen molar-refractivity contribution in [3.63, 3.8) is 0 Å². The molecule has 6 heteroatoms. The minimum absolute atomic E-state index is 0. The first-order chi connectivity index (χ1) is 7.36. The molecule has 0 saturated carbocycles. The zero-order chi connectivity index (χ0) is 10.5. The number of rotatable bonds is 3. The van der Waals surface area contributed by atoms with E-state index in [1.807, 2.05) is 12.1 Å². The number of pyridine rings is 1. The normalized spacial score (nSPS) is 17.8. The number of hydrogen-bond acceptors (Lipinski definition) is 3. The fraction of sp³-hybridized carbons (Fsp3) is 0.455. The van der Waals surface area contributed by atoms with Crippen LogP contribution in [0.25, 0.3) is 0 Å². The zero-order valence-corrected chi connectivity index (χ0v) is 11.0. The number of carbonyl (C=O) groups is 1. The van der Waals surface area contributed by atoms with Crippen LogP contribution in [0.1, 0.15) is 18.4 Å². The molecule has 0 spiro atoms. The molecule has 2 rings (SSSR count). The minimum atomic E-state index is 0. The molecule has 17 heavy (non-hydrogen) atoms. The van der Waals surface area contributed by atoms with Crippen LogP contribution in [0, 0.1) is 0 Å². The lowest BCUT2D eigenvalue weighted by Crippen LogP contribution is -2.39. The molecule has 0 radical (unpaired) electrons. The number of aromatic nitrogens is 1. The number of halogens is 2. The summed E-state index contributed by atoms with van der Waals surface area (Å²) in [7, 11) is 0. The average Bonchev–Trinajstić information content (AvgIpc) is 2.81. The molecule has 96 valence electrons. The smallest absolute Gasteiger partial charge is 0.237 e. The molecule has 2 heterocycles. The molecular formula is C11H17Cl2N3O. The van der Waals surface area contributed by atoms with E-state index in [1.165, 1.54) is 0 Å². The van der Waals surface area contributed by atoms with Crippen LogP contribution in [0.2, 0.25) is 0 Å². The quantitative estimate of drug-likeness (QED) is 0.876. The molecule has 1 aliphatic rings. The predicted octanol–water partition coefficient (Wildman–Crippen LogP) is 1.29. The Morgan fingerprint density at radius 2 is 2.12 bits per heavy atom. The van der Waals surface area contributed by atoms with Crippen LogP contribution in [0.15, 0.2) is 24.5 Å². The van der Waals surface area contributed by atoms with Crippen LogP contribution >= 0.6 is 24.8 Å². The van der Waals surface area contributed by atoms with Crippen molar-refractivity contribution < 1.29 is 4.79 Å². The Hall–Kier alpha value is -0.840. The number of carbonyl (C=O) groups excluding carboxylic acids is 1. The molecule has 1 amide bonds. The Balaban J connectivity index is 0.00000128. The van der Waals surface area contributed by atoms with Gasteiger partial charge in [0.2, 0.25) is 5.91 Å². The molecule has 1 aliphatic heterocycles. The van der Waals surface area contributed by atoms with E-state index in [-0.39, 0.29) is 36.8 Å². The van der Waals surface area contributed by atoms with E-state index in [0.29, 0.717) is 6.54 Å². The van der Waals surface area contributed by atoms with Gasteiger partial charge < -0.3 is 10.6 Å². The number of nitrogens with zero attached hydrogens (tertiary/aromatic N) is 1. The first-order valence-corrected chi connectivity index (χ1v) is 5.26. The van der Waals surface area contributed by atoms with Gasteiger partial charge in [0.1, 0.15) is 0 Å². The summed E-state index contributed by atoms with van der Waals surface area (Å²) in [5.74, 6) is 0.101. The summed E-state index contributed by atoms with van der Waals surface area (Å²) in [6.45, 7) is 1.53. The second kappa shape index (κ2) is 8.28. The monoisotopic (exact) mass is 277 g/mol. The SMILES string of the molecule is Cl.Cl.O=C(NCc1ccncc1)C1CCCN1. The van der Waals surface area contributed by atoms with Gasteiger partial charge in [-0.3, -0.25) is 9.78 Å². The molecule has 0 bridgehead atoms. The van der Waals surface area contributed by atoms with Gasteiger partial charge in [0, 0.05) is 18.9 Å². The van der Waals surface area contributed by atoms with Crippen LogP contribution in [-0.4, -0.2) is 23.5 Å². The number of amides is 1. The van der Waals surface area contributed by atoms with Crippen LogP contribution in [-0.2, 0) is 11.3 Å². The van der Waals surface area contributed by atoms with Crippen molar-refractivity contribution in [2.24, 2.45) is 0 Å². The second-order valence-corrected chi connectivity index (χ2v) is 3.72. The van der Waals surface area contributed by atoms with E-state index in [9.17, 15) is 4.79 Å². The highest BCUT2D eigenvalue weighted by Gasteiger charge is 2.21. The lowest BCUT2D eigenvalue weighted by atomic mass is 10.2. The van der Waals surface area contributed by atoms with E-state index in [4.69, 9.17) is 0 Å². The van der Waals surface area contributed by atoms with Gasteiger partial charge in [0.15, 0.2) is 0 Å². The van der Waals surface area contributed by atoms with Crippen molar-refractivity contribution in [1.29, 1.82) is 0 Å². The van der Waals surface area contributed by atoms with Gasteiger partial charge in [0.25, 0.3) is 0 Å². The van der Waals surface area contributed by atoms with Crippen molar-refractivity contribution >= 4 is 30.7 Å². The molecule has 0 aromatic carbocycles. The fourth-order valence-electron chi connectivity index (χ4n) is 1.72. The molecular weight excluding hydrogens is 261 g/mol. The van der Waals surface area contributed by atoms with Gasteiger partial charge in [-0.05, 0) is 37.1 Å². The Kier molecular flexibility index (Phi) is 7.87. The maximum atomic E-state index is 11.6. The van der Waals surface area contributed by atoms with Crippen molar-refractivity contribution in [3.8, 4) is 0 Å². The molecule has 1 aromatic heterocycles. The van der Waals surface area contributed by atoms with Crippen LogP contribution in [0.5, 0.6) is 0 Å². The van der Waals surface area contributed by atoms with E-state index in [2.05, 4.69) is 15.6 Å². The first-order valence-electron chi connectivity index (χ1n) is 5.26. The van der Waals surface area contributed by atoms with E-state index in [0.717, 1.165) is 24.9 Å². The van der Waals surface area contributed by atoms with Crippen molar-refractivity contribution in [2.45, 2.75) is 25.4 Å². The Labute approximate surface area is 113 Å². The summed E-state index contributed by atoms with van der Waals surface area (Å²) in [6, 6.07) is 3.82. The van der Waals surface area contributed by atoms with Gasteiger partial charge in [-0.25, -0.2) is 0 Å². The molecule has 1 fully saturated rings. The lowest BCUT2D eigenvalue weighted by molar-refractivity contribution is -0.122. The highest BCUT2D eigenvalue weighted by molar-refractivity contribution is 5.85. The molecule has 4 nitrogen and oxygen atoms in total. The average molecular weight is 278 g/mol. The number of nitrogens with one attached hydrogen (secondary N) is 2. The molecule has 1 saturated heterocycles. The number of hydrogen-bond donors (Lipinski definition) is 2. The summed E-state index contributed by atoms with van der Waals surface area (Å²) in [5, 5.41) is 6.08. The highest BCUT2D eigenvalue weighted by Crippen LogP contribution is 2.05. The highest BCUT2D eigenvalue weighted by atomic mass is 35.5. The van der Waals surface area contributed by atoms with Gasteiger partial charge in [-0.1, -0.05) is 0 Å². The van der Waals surface area contributed by atoms with Crippen molar-refractivity contribution in [2.75, 3.05) is 6.54 Å². The Bertz CT molecular complexity index is 329. The summed E-state index contributed by atoms with van der Waals surface area (Å²) in [4.78, 5) is 15.6. The maximum Gasteiger partial charge on any atom is 0.237 e. The van der Waals surface area contributed by atoms with E-state index in [1.54, 1.807) is 12.4 Å². The Morgan fingerprint density at radius 3 is 2.71 bits per heavy atom. The van der Waals surface area contributed by atoms with Crippen molar-refractivity contribution in [3.05, 3.63) is 30.1 Å². The zero-order valence-electron chi connectivity index (χ0n) is 9.39. The van der Waals surface area contributed by atoms with Crippen LogP contribution in [0.3, 0.4) is 0 Å². The largest absolute Gasteiger partial charge is 0.351 e. The van der Waals surface area contributed by atoms with E-state index >= 15 is 0 Å². The standard InChI is InChI=1S/C11H15N3O.2ClH/c15-11(10-2-1-5-13-10)14-8-9-3-6-12-7-4-9;;/h3-4,6-7,10,13H,1-2,5,8H2,(H,14,15);2*1H. The summed E-state index contributed by atoms with van der Waals surface area (Å²) in [5.41, 5.74) is 1.08. The van der Waals surface area contributed by atoms with E-state index < -0.39 is 0 Å². The predicted molar refractivity (Wildman–Crippen MR) is 71.6 cm³/mol. The van der Waals surface area contributed by atoms with Gasteiger partial charge in [0.05, 0.1) is 6.04 Å². The van der Waals surface area contributed by atoms with Gasteiger partial charge >= 0.3 is 0 Å². The fourth-order valence-corrected chi connectivity index (χ4v) is 1.72. The van der Waals surface area contributed by atoms with Gasteiger partial charge in [-0.2, -0.15) is 0 Å². The minimum Gasteiger partial charge on any atom is -0.351 e. The molecule has 2 N–H and O–H groups in total. The third-order valence-electron chi connectivity index (χ3n) is 2.59. The lowest BCUT2D eigenvalue weighted by Gasteiger charge is -2.10. The molecule has 1 aromatic rings. The first kappa shape index (κ1) is 16.2. The van der Waals surface area contributed by atoms with Gasteiger partial charge in [-0.15, -0.1) is 24.8 Å². The van der Waals surface area contributed by atoms with Crippen LogP contribution in [0.4, 0.5) is 0 Å². The summed E-state index contributed by atoms with van der Waals surface area (Å²) >= 11 is 0. The summed E-state index contributed by atoms with van der Waals surface area (Å²) in [6.07, 6.45) is 5.50.